The van der Waals surface area contributed by atoms with E-state index in [9.17, 15) is 13.2 Å². The number of carbonyl (C=O) groups excluding carboxylic acids is 1. The van der Waals surface area contributed by atoms with Crippen molar-refractivity contribution in [2.45, 2.75) is 11.8 Å². The summed E-state index contributed by atoms with van der Waals surface area (Å²) in [6.07, 6.45) is 3.06. The number of carbonyl (C=O) groups is 1. The molecule has 0 unspecified atom stereocenters. The van der Waals surface area contributed by atoms with E-state index in [2.05, 4.69) is 10.3 Å². The zero-order chi connectivity index (χ0) is 14.9. The number of rotatable bonds is 3. The minimum atomic E-state index is -3.82. The van der Waals surface area contributed by atoms with Gasteiger partial charge in [-0.15, -0.1) is 0 Å². The Morgan fingerprint density at radius 1 is 1.40 bits per heavy atom. The highest BCUT2D eigenvalue weighted by atomic mass is 32.2. The number of nitrogens with zero attached hydrogens (tertiary/aromatic N) is 2. The third-order valence-corrected chi connectivity index (χ3v) is 3.74. The summed E-state index contributed by atoms with van der Waals surface area (Å²) in [7, 11) is -2.08. The quantitative estimate of drug-likeness (QED) is 0.865. The molecule has 0 fully saturated rings. The summed E-state index contributed by atoms with van der Waals surface area (Å²) in [5, 5.41) is 7.69. The Hall–Kier alpha value is -2.19. The van der Waals surface area contributed by atoms with Crippen LogP contribution in [0.4, 0.5) is 5.69 Å². The maximum absolute atomic E-state index is 11.9. The van der Waals surface area contributed by atoms with Crippen LogP contribution >= 0.6 is 0 Å². The summed E-state index contributed by atoms with van der Waals surface area (Å²) in [5.74, 6) is -0.421. The molecule has 106 valence electrons. The highest BCUT2D eigenvalue weighted by Gasteiger charge is 2.14. The number of amides is 1. The lowest BCUT2D eigenvalue weighted by Gasteiger charge is -2.08. The molecule has 2 rings (SSSR count). The van der Waals surface area contributed by atoms with Gasteiger partial charge in [0, 0.05) is 18.9 Å². The lowest BCUT2D eigenvalue weighted by molar-refractivity contribution is 0.102. The Balaban J connectivity index is 2.29. The van der Waals surface area contributed by atoms with Crippen LogP contribution in [0.25, 0.3) is 0 Å². The summed E-state index contributed by atoms with van der Waals surface area (Å²) in [5.41, 5.74) is 1.10. The fourth-order valence-corrected chi connectivity index (χ4v) is 2.52. The molecule has 0 radical (unpaired) electrons. The second-order valence-electron chi connectivity index (χ2n) is 4.40. The van der Waals surface area contributed by atoms with Gasteiger partial charge >= 0.3 is 0 Å². The van der Waals surface area contributed by atoms with Gasteiger partial charge in [0.2, 0.25) is 10.0 Å². The molecule has 1 amide bonds. The Morgan fingerprint density at radius 2 is 2.10 bits per heavy atom. The molecule has 0 bridgehead atoms. The van der Waals surface area contributed by atoms with Crippen LogP contribution in [0, 0.1) is 6.92 Å². The lowest BCUT2D eigenvalue weighted by atomic mass is 10.2. The smallest absolute Gasteiger partial charge is 0.275 e. The van der Waals surface area contributed by atoms with Crippen molar-refractivity contribution < 1.29 is 13.2 Å². The largest absolute Gasteiger partial charge is 0.340 e. The van der Waals surface area contributed by atoms with E-state index in [1.54, 1.807) is 36.9 Å². The molecule has 0 aliphatic carbocycles. The lowest BCUT2D eigenvalue weighted by Crippen LogP contribution is -2.16. The number of primary sulfonamides is 1. The maximum Gasteiger partial charge on any atom is 0.275 e. The van der Waals surface area contributed by atoms with Crippen molar-refractivity contribution in [2.24, 2.45) is 12.2 Å². The summed E-state index contributed by atoms with van der Waals surface area (Å²) in [6, 6.07) is 4.50. The minimum absolute atomic E-state index is 0.0173. The molecule has 0 atom stereocenters. The molecule has 1 heterocycles. The van der Waals surface area contributed by atoms with Gasteiger partial charge in [-0.25, -0.2) is 18.5 Å². The topological polar surface area (TPSA) is 107 Å². The van der Waals surface area contributed by atoms with Gasteiger partial charge in [-0.2, -0.15) is 0 Å². The molecule has 0 saturated heterocycles. The van der Waals surface area contributed by atoms with Gasteiger partial charge in [-0.05, 0) is 24.6 Å². The fraction of sp³-hybridized carbons (Fsp3) is 0.167. The molecule has 1 aromatic carbocycles. The number of sulfonamides is 1. The van der Waals surface area contributed by atoms with Gasteiger partial charge < -0.3 is 9.88 Å². The van der Waals surface area contributed by atoms with Crippen LogP contribution in [0.5, 0.6) is 0 Å². The summed E-state index contributed by atoms with van der Waals surface area (Å²) in [6.45, 7) is 1.63. The Kier molecular flexibility index (Phi) is 3.60. The van der Waals surface area contributed by atoms with Crippen molar-refractivity contribution in [2.75, 3.05) is 5.32 Å². The van der Waals surface area contributed by atoms with Crippen molar-refractivity contribution in [3.05, 3.63) is 42.0 Å². The van der Waals surface area contributed by atoms with Crippen molar-refractivity contribution in [3.63, 3.8) is 0 Å². The molecule has 7 nitrogen and oxygen atoms in total. The van der Waals surface area contributed by atoms with E-state index in [1.165, 1.54) is 12.4 Å². The van der Waals surface area contributed by atoms with E-state index in [-0.39, 0.29) is 10.6 Å². The van der Waals surface area contributed by atoms with Gasteiger partial charge in [0.05, 0.1) is 11.2 Å². The first-order valence-corrected chi connectivity index (χ1v) is 7.25. The number of aromatic nitrogens is 2. The van der Waals surface area contributed by atoms with Crippen molar-refractivity contribution in [1.82, 2.24) is 9.55 Å². The molecule has 3 N–H and O–H groups in total. The molecule has 20 heavy (non-hydrogen) atoms. The number of nitrogens with two attached hydrogens (primary N) is 1. The van der Waals surface area contributed by atoms with Crippen LogP contribution in [0.15, 0.2) is 35.6 Å². The van der Waals surface area contributed by atoms with Gasteiger partial charge in [0.15, 0.2) is 0 Å². The summed E-state index contributed by atoms with van der Waals surface area (Å²) < 4.78 is 24.5. The van der Waals surface area contributed by atoms with E-state index in [0.717, 1.165) is 0 Å². The first-order chi connectivity index (χ1) is 9.27. The molecule has 0 aliphatic heterocycles. The average Bonchev–Trinajstić information content (AvgIpc) is 2.77. The standard InChI is InChI=1S/C12H14N4O3S/c1-8-3-4-9(5-11(8)20(13,18)19)15-12(17)10-6-16(2)7-14-10/h3-7H,1-2H3,(H,15,17)(H2,13,18,19). The van der Waals surface area contributed by atoms with Crippen molar-refractivity contribution in [1.29, 1.82) is 0 Å². The number of hydrogen-bond acceptors (Lipinski definition) is 4. The van der Waals surface area contributed by atoms with Crippen LogP contribution in [0.3, 0.4) is 0 Å². The van der Waals surface area contributed by atoms with E-state index in [1.807, 2.05) is 0 Å². The predicted molar refractivity (Wildman–Crippen MR) is 73.7 cm³/mol. The predicted octanol–water partition coefficient (Wildman–Crippen LogP) is 0.628. The number of aryl methyl sites for hydroxylation is 2. The van der Waals surface area contributed by atoms with Gasteiger partial charge in [-0.3, -0.25) is 4.79 Å². The van der Waals surface area contributed by atoms with Crippen LogP contribution in [-0.4, -0.2) is 23.9 Å². The maximum atomic E-state index is 11.9. The van der Waals surface area contributed by atoms with E-state index in [4.69, 9.17) is 5.14 Å². The number of imidazole rings is 1. The fourth-order valence-electron chi connectivity index (χ4n) is 1.71. The minimum Gasteiger partial charge on any atom is -0.340 e. The van der Waals surface area contributed by atoms with Crippen molar-refractivity contribution >= 4 is 21.6 Å². The number of anilines is 1. The summed E-state index contributed by atoms with van der Waals surface area (Å²) in [4.78, 5) is 15.8. The Bertz CT molecular complexity index is 765. The normalized spacial score (nSPS) is 11.3. The molecular formula is C12H14N4O3S. The van der Waals surface area contributed by atoms with Crippen molar-refractivity contribution in [3.8, 4) is 0 Å². The Morgan fingerprint density at radius 3 is 2.65 bits per heavy atom. The molecule has 0 aliphatic rings. The second-order valence-corrected chi connectivity index (χ2v) is 5.93. The third-order valence-electron chi connectivity index (χ3n) is 2.69. The van der Waals surface area contributed by atoms with Gasteiger partial charge in [0.1, 0.15) is 5.69 Å². The zero-order valence-corrected chi connectivity index (χ0v) is 11.8. The number of benzene rings is 1. The highest BCUT2D eigenvalue weighted by Crippen LogP contribution is 2.19. The van der Waals surface area contributed by atoms with E-state index in [0.29, 0.717) is 11.3 Å². The molecular weight excluding hydrogens is 280 g/mol. The van der Waals surface area contributed by atoms with Crippen LogP contribution in [0.1, 0.15) is 16.1 Å². The molecule has 2 aromatic rings. The van der Waals surface area contributed by atoms with Crippen LogP contribution in [-0.2, 0) is 17.1 Å². The SMILES string of the molecule is Cc1ccc(NC(=O)c2cn(C)cn2)cc1S(N)(=O)=O. The summed E-state index contributed by atoms with van der Waals surface area (Å²) >= 11 is 0. The second kappa shape index (κ2) is 5.06. The van der Waals surface area contributed by atoms with Crippen LogP contribution in [0.2, 0.25) is 0 Å². The average molecular weight is 294 g/mol. The molecule has 0 saturated carbocycles. The molecule has 8 heteroatoms. The zero-order valence-electron chi connectivity index (χ0n) is 11.0. The monoisotopic (exact) mass is 294 g/mol. The third kappa shape index (κ3) is 3.03. The number of nitrogens with one attached hydrogen (secondary N) is 1. The first-order valence-electron chi connectivity index (χ1n) is 5.70. The van der Waals surface area contributed by atoms with E-state index >= 15 is 0 Å². The Labute approximate surface area is 116 Å². The molecule has 1 aromatic heterocycles. The van der Waals surface area contributed by atoms with E-state index < -0.39 is 15.9 Å². The number of hydrogen-bond donors (Lipinski definition) is 2. The molecule has 0 spiro atoms. The van der Waals surface area contributed by atoms with Gasteiger partial charge in [-0.1, -0.05) is 6.07 Å². The van der Waals surface area contributed by atoms with Crippen LogP contribution < -0.4 is 10.5 Å². The van der Waals surface area contributed by atoms with Gasteiger partial charge in [0.25, 0.3) is 5.91 Å². The first kappa shape index (κ1) is 14.2. The highest BCUT2D eigenvalue weighted by molar-refractivity contribution is 7.89.